The van der Waals surface area contributed by atoms with Gasteiger partial charge in [0, 0.05) is 43.7 Å². The fourth-order valence-electron chi connectivity index (χ4n) is 4.44. The van der Waals surface area contributed by atoms with Gasteiger partial charge in [-0.1, -0.05) is 6.92 Å². The highest BCUT2D eigenvalue weighted by atomic mass is 16.5. The number of hydrogen-bond donors (Lipinski definition) is 0. The van der Waals surface area contributed by atoms with Gasteiger partial charge in [-0.05, 0) is 55.9 Å². The molecule has 2 aliphatic heterocycles. The van der Waals surface area contributed by atoms with Crippen LogP contribution >= 0.6 is 0 Å². The summed E-state index contributed by atoms with van der Waals surface area (Å²) in [4.78, 5) is 26.2. The maximum Gasteiger partial charge on any atom is 0.225 e. The highest BCUT2D eigenvalue weighted by Gasteiger charge is 2.30. The molecule has 154 valence electrons. The second-order valence-corrected chi connectivity index (χ2v) is 8.28. The van der Waals surface area contributed by atoms with E-state index >= 15 is 0 Å². The Morgan fingerprint density at radius 3 is 2.52 bits per heavy atom. The van der Waals surface area contributed by atoms with Crippen molar-refractivity contribution >= 4 is 11.7 Å². The topological polar surface area (TPSA) is 58.6 Å². The van der Waals surface area contributed by atoms with Crippen LogP contribution in [0.5, 0.6) is 5.75 Å². The summed E-state index contributed by atoms with van der Waals surface area (Å²) in [5.74, 6) is 2.91. The number of hydrogen-bond acceptors (Lipinski definition) is 5. The van der Waals surface area contributed by atoms with Gasteiger partial charge >= 0.3 is 0 Å². The van der Waals surface area contributed by atoms with Crippen molar-refractivity contribution in [3.05, 3.63) is 36.7 Å². The second-order valence-electron chi connectivity index (χ2n) is 8.28. The lowest BCUT2D eigenvalue weighted by Gasteiger charge is -2.37. The number of carbonyl (C=O) groups excluding carboxylic acids is 1. The number of aromatic nitrogens is 2. The Morgan fingerprint density at radius 1 is 1.07 bits per heavy atom. The quantitative estimate of drug-likeness (QED) is 0.793. The van der Waals surface area contributed by atoms with Gasteiger partial charge in [-0.3, -0.25) is 4.79 Å². The molecule has 1 unspecified atom stereocenters. The van der Waals surface area contributed by atoms with E-state index in [1.54, 1.807) is 13.4 Å². The van der Waals surface area contributed by atoms with Crippen LogP contribution in [-0.2, 0) is 4.79 Å². The van der Waals surface area contributed by atoms with Crippen LogP contribution in [0.4, 0.5) is 5.82 Å². The number of likely N-dealkylation sites (tertiary alicyclic amines) is 1. The van der Waals surface area contributed by atoms with Gasteiger partial charge in [0.05, 0.1) is 12.8 Å². The van der Waals surface area contributed by atoms with Crippen molar-refractivity contribution in [3.63, 3.8) is 0 Å². The summed E-state index contributed by atoms with van der Waals surface area (Å²) in [7, 11) is 1.66. The average molecular weight is 395 g/mol. The molecule has 1 atom stereocenters. The van der Waals surface area contributed by atoms with Gasteiger partial charge in [0.1, 0.15) is 17.9 Å². The number of amides is 1. The molecular formula is C23H30N4O2. The molecule has 2 aliphatic rings. The summed E-state index contributed by atoms with van der Waals surface area (Å²) in [6.07, 6.45) is 5.80. The molecule has 0 spiro atoms. The summed E-state index contributed by atoms with van der Waals surface area (Å²) in [6.45, 7) is 5.83. The first-order chi connectivity index (χ1) is 14.1. The zero-order valence-corrected chi connectivity index (χ0v) is 17.4. The predicted octanol–water partition coefficient (Wildman–Crippen LogP) is 3.63. The summed E-state index contributed by atoms with van der Waals surface area (Å²) in [6, 6.07) is 9.94. The number of nitrogens with zero attached hydrogens (tertiary/aromatic N) is 4. The van der Waals surface area contributed by atoms with Gasteiger partial charge in [-0.2, -0.15) is 0 Å². The maximum absolute atomic E-state index is 12.9. The van der Waals surface area contributed by atoms with Crippen LogP contribution in [0, 0.1) is 11.8 Å². The van der Waals surface area contributed by atoms with Gasteiger partial charge in [-0.15, -0.1) is 0 Å². The molecule has 0 radical (unpaired) electrons. The lowest BCUT2D eigenvalue weighted by Crippen LogP contribution is -2.46. The number of ether oxygens (including phenoxy) is 1. The fourth-order valence-corrected chi connectivity index (χ4v) is 4.44. The van der Waals surface area contributed by atoms with Crippen molar-refractivity contribution < 1.29 is 9.53 Å². The van der Waals surface area contributed by atoms with E-state index in [0.717, 1.165) is 68.3 Å². The molecule has 0 saturated carbocycles. The van der Waals surface area contributed by atoms with Crippen LogP contribution in [0.1, 0.15) is 32.6 Å². The van der Waals surface area contributed by atoms with E-state index in [2.05, 4.69) is 26.7 Å². The summed E-state index contributed by atoms with van der Waals surface area (Å²) in [5, 5.41) is 0. The van der Waals surface area contributed by atoms with Crippen molar-refractivity contribution in [2.45, 2.75) is 32.6 Å². The van der Waals surface area contributed by atoms with E-state index < -0.39 is 0 Å². The minimum absolute atomic E-state index is 0.152. The Balaban J connectivity index is 1.39. The van der Waals surface area contributed by atoms with Gasteiger partial charge in [-0.25, -0.2) is 9.97 Å². The summed E-state index contributed by atoms with van der Waals surface area (Å²) >= 11 is 0. The molecule has 2 aromatic rings. The van der Waals surface area contributed by atoms with Crippen LogP contribution < -0.4 is 9.64 Å². The number of rotatable bonds is 4. The van der Waals surface area contributed by atoms with Crippen molar-refractivity contribution in [1.82, 2.24) is 14.9 Å². The Kier molecular flexibility index (Phi) is 5.97. The number of piperidine rings is 2. The van der Waals surface area contributed by atoms with Crippen molar-refractivity contribution in [2.75, 3.05) is 38.2 Å². The normalized spacial score (nSPS) is 20.6. The Hall–Kier alpha value is -2.63. The molecule has 1 amide bonds. The van der Waals surface area contributed by atoms with E-state index in [9.17, 15) is 4.79 Å². The molecule has 1 aromatic heterocycles. The molecule has 0 bridgehead atoms. The van der Waals surface area contributed by atoms with Crippen molar-refractivity contribution in [2.24, 2.45) is 11.8 Å². The Labute approximate surface area is 172 Å². The second kappa shape index (κ2) is 8.80. The molecule has 0 N–H and O–H groups in total. The van der Waals surface area contributed by atoms with E-state index in [0.29, 0.717) is 11.8 Å². The van der Waals surface area contributed by atoms with Gasteiger partial charge in [0.25, 0.3) is 0 Å². The van der Waals surface area contributed by atoms with E-state index in [-0.39, 0.29) is 5.92 Å². The number of methoxy groups -OCH3 is 1. The summed E-state index contributed by atoms with van der Waals surface area (Å²) < 4.78 is 5.23. The van der Waals surface area contributed by atoms with Crippen LogP contribution in [0.2, 0.25) is 0 Å². The molecule has 2 fully saturated rings. The molecule has 6 heteroatoms. The number of benzene rings is 1. The first-order valence-electron chi connectivity index (χ1n) is 10.6. The zero-order valence-electron chi connectivity index (χ0n) is 17.4. The molecular weight excluding hydrogens is 364 g/mol. The van der Waals surface area contributed by atoms with Crippen molar-refractivity contribution in [1.29, 1.82) is 0 Å². The van der Waals surface area contributed by atoms with Gasteiger partial charge in [0.2, 0.25) is 5.91 Å². The third-order valence-corrected chi connectivity index (χ3v) is 6.18. The number of carbonyl (C=O) groups is 1. The smallest absolute Gasteiger partial charge is 0.225 e. The minimum Gasteiger partial charge on any atom is -0.497 e. The molecule has 4 rings (SSSR count). The molecule has 6 nitrogen and oxygen atoms in total. The largest absolute Gasteiger partial charge is 0.497 e. The third-order valence-electron chi connectivity index (χ3n) is 6.18. The third kappa shape index (κ3) is 4.52. The van der Waals surface area contributed by atoms with E-state index in [4.69, 9.17) is 4.74 Å². The van der Waals surface area contributed by atoms with Crippen LogP contribution in [0.15, 0.2) is 36.7 Å². The van der Waals surface area contributed by atoms with Gasteiger partial charge in [0.15, 0.2) is 0 Å². The standard InChI is InChI=1S/C23H30N4O2/c1-17-4-3-11-27(15-17)23(28)19-9-12-26(13-10-19)22-14-21(24-16-25-22)18-5-7-20(29-2)8-6-18/h5-8,14,16-17,19H,3-4,9-13,15H2,1-2H3. The monoisotopic (exact) mass is 394 g/mol. The molecule has 29 heavy (non-hydrogen) atoms. The lowest BCUT2D eigenvalue weighted by atomic mass is 9.92. The maximum atomic E-state index is 12.9. The minimum atomic E-state index is 0.152. The van der Waals surface area contributed by atoms with E-state index in [1.165, 1.54) is 6.42 Å². The SMILES string of the molecule is COc1ccc(-c2cc(N3CCC(C(=O)N4CCCC(C)C4)CC3)ncn2)cc1. The molecule has 3 heterocycles. The Bertz CT molecular complexity index is 831. The predicted molar refractivity (Wildman–Crippen MR) is 114 cm³/mol. The van der Waals surface area contributed by atoms with Gasteiger partial charge < -0.3 is 14.5 Å². The molecule has 0 aliphatic carbocycles. The fraction of sp³-hybridized carbons (Fsp3) is 0.522. The first kappa shape index (κ1) is 19.7. The number of anilines is 1. The van der Waals surface area contributed by atoms with Crippen LogP contribution in [0.3, 0.4) is 0 Å². The molecule has 1 aromatic carbocycles. The summed E-state index contributed by atoms with van der Waals surface area (Å²) in [5.41, 5.74) is 1.94. The first-order valence-corrected chi connectivity index (χ1v) is 10.6. The van der Waals surface area contributed by atoms with Crippen molar-refractivity contribution in [3.8, 4) is 17.0 Å². The van der Waals surface area contributed by atoms with E-state index in [1.807, 2.05) is 30.3 Å². The van der Waals surface area contributed by atoms with Crippen LogP contribution in [0.25, 0.3) is 11.3 Å². The highest BCUT2D eigenvalue weighted by Crippen LogP contribution is 2.28. The molecule has 2 saturated heterocycles. The zero-order chi connectivity index (χ0) is 20.2. The van der Waals surface area contributed by atoms with Crippen LogP contribution in [-0.4, -0.2) is 54.1 Å². The Morgan fingerprint density at radius 2 is 1.83 bits per heavy atom. The lowest BCUT2D eigenvalue weighted by molar-refractivity contribution is -0.137. The average Bonchev–Trinajstić information content (AvgIpc) is 2.79. The highest BCUT2D eigenvalue weighted by molar-refractivity contribution is 5.79.